The van der Waals surface area contributed by atoms with Crippen LogP contribution < -0.4 is 18.9 Å². The Kier molecular flexibility index (Phi) is 10.2. The maximum absolute atomic E-state index is 14.5. The fourth-order valence-electron chi connectivity index (χ4n) is 5.47. The second-order valence-electron chi connectivity index (χ2n) is 11.1. The second kappa shape index (κ2) is 14.9. The number of fused-ring (bicyclic) bond motifs is 1. The zero-order chi connectivity index (χ0) is 33.6. The van der Waals surface area contributed by atoms with Gasteiger partial charge >= 0.3 is 0 Å². The number of aromatic nitrogens is 3. The highest BCUT2D eigenvalue weighted by Gasteiger charge is 2.33. The molecule has 6 rings (SSSR count). The van der Waals surface area contributed by atoms with Gasteiger partial charge in [-0.2, -0.15) is 0 Å². The molecule has 1 amide bonds. The maximum atomic E-state index is 14.5. The lowest BCUT2D eigenvalue weighted by Gasteiger charge is -2.31. The van der Waals surface area contributed by atoms with Gasteiger partial charge in [-0.3, -0.25) is 9.59 Å². The number of carbonyl (C=O) groups is 2. The largest absolute Gasteiger partial charge is 0.493 e. The number of rotatable bonds is 13. The van der Waals surface area contributed by atoms with Crippen LogP contribution in [0.1, 0.15) is 33.6 Å². The Morgan fingerprint density at radius 3 is 2.40 bits per heavy atom. The second-order valence-corrected chi connectivity index (χ2v) is 13.0. The van der Waals surface area contributed by atoms with Crippen LogP contribution in [0.25, 0.3) is 11.3 Å². The Labute approximate surface area is 287 Å². The molecule has 2 aromatic heterocycles. The van der Waals surface area contributed by atoms with Gasteiger partial charge in [0, 0.05) is 28.8 Å². The van der Waals surface area contributed by atoms with E-state index in [1.807, 2.05) is 61.7 Å². The van der Waals surface area contributed by atoms with Crippen molar-refractivity contribution in [2.45, 2.75) is 38.0 Å². The number of thioether (sulfide) groups is 1. The number of amides is 1. The van der Waals surface area contributed by atoms with E-state index in [0.29, 0.717) is 38.7 Å². The third-order valence-corrected chi connectivity index (χ3v) is 9.35. The van der Waals surface area contributed by atoms with E-state index in [1.165, 1.54) is 30.2 Å². The summed E-state index contributed by atoms with van der Waals surface area (Å²) < 4.78 is 22.1. The van der Waals surface area contributed by atoms with Crippen LogP contribution >= 0.6 is 23.1 Å². The first-order valence-electron chi connectivity index (χ1n) is 15.2. The highest BCUT2D eigenvalue weighted by molar-refractivity contribution is 7.99. The highest BCUT2D eigenvalue weighted by Crippen LogP contribution is 2.37. The molecule has 3 aromatic carbocycles. The van der Waals surface area contributed by atoms with Gasteiger partial charge in [-0.1, -0.05) is 54.2 Å². The number of aryl methyl sites for hydroxylation is 2. The van der Waals surface area contributed by atoms with Crippen LogP contribution in [0.15, 0.2) is 83.3 Å². The summed E-state index contributed by atoms with van der Waals surface area (Å²) >= 11 is 2.68. The van der Waals surface area contributed by atoms with Crippen LogP contribution in [0.2, 0.25) is 0 Å². The number of methoxy groups -OCH3 is 2. The van der Waals surface area contributed by atoms with Crippen molar-refractivity contribution in [2.75, 3.05) is 26.8 Å². The Hall–Kier alpha value is -4.94. The van der Waals surface area contributed by atoms with Crippen molar-refractivity contribution >= 4 is 34.8 Å². The SMILES string of the molecule is COc1ccc(C(C(=O)Cc2ccc3c(c2)OCO3)N(Cc2nc(-c3ccccc3)cs2)C(=O)CSc2nc(C)cc(C)n2)cc1OC. The van der Waals surface area contributed by atoms with Gasteiger partial charge < -0.3 is 23.8 Å². The number of nitrogens with zero attached hydrogens (tertiary/aromatic N) is 4. The molecule has 0 fully saturated rings. The highest BCUT2D eigenvalue weighted by atomic mass is 32.2. The van der Waals surface area contributed by atoms with Gasteiger partial charge in [0.2, 0.25) is 12.7 Å². The van der Waals surface area contributed by atoms with E-state index < -0.39 is 6.04 Å². The molecular formula is C36H34N4O6S2. The zero-order valence-electron chi connectivity index (χ0n) is 27.0. The summed E-state index contributed by atoms with van der Waals surface area (Å²) in [5.41, 5.74) is 4.71. The molecule has 48 heavy (non-hydrogen) atoms. The molecule has 5 aromatic rings. The molecule has 1 aliphatic heterocycles. The van der Waals surface area contributed by atoms with Gasteiger partial charge in [-0.15, -0.1) is 11.3 Å². The summed E-state index contributed by atoms with van der Waals surface area (Å²) in [6.07, 6.45) is 0.0416. The van der Waals surface area contributed by atoms with Crippen molar-refractivity contribution in [3.63, 3.8) is 0 Å². The van der Waals surface area contributed by atoms with Crippen molar-refractivity contribution in [1.29, 1.82) is 0 Å². The normalized spacial score (nSPS) is 12.4. The van der Waals surface area contributed by atoms with Crippen LogP contribution in [-0.2, 0) is 22.6 Å². The summed E-state index contributed by atoms with van der Waals surface area (Å²) in [5.74, 6) is 1.72. The molecule has 0 saturated carbocycles. The van der Waals surface area contributed by atoms with Crippen LogP contribution in [-0.4, -0.2) is 58.3 Å². The molecule has 0 radical (unpaired) electrons. The van der Waals surface area contributed by atoms with Crippen molar-refractivity contribution in [2.24, 2.45) is 0 Å². The zero-order valence-corrected chi connectivity index (χ0v) is 28.6. The smallest absolute Gasteiger partial charge is 0.234 e. The maximum Gasteiger partial charge on any atom is 0.234 e. The molecule has 246 valence electrons. The fourth-order valence-corrected chi connectivity index (χ4v) is 7.11. The first-order chi connectivity index (χ1) is 23.3. The number of hydrogen-bond acceptors (Lipinski definition) is 11. The number of ether oxygens (including phenoxy) is 4. The number of Topliss-reactive ketones (excluding diaryl/α,β-unsaturated/α-hetero) is 1. The Balaban J connectivity index is 1.38. The number of carbonyl (C=O) groups excluding carboxylic acids is 2. The Morgan fingerprint density at radius 1 is 0.896 bits per heavy atom. The third kappa shape index (κ3) is 7.61. The molecule has 1 aliphatic rings. The molecule has 0 aliphatic carbocycles. The summed E-state index contributed by atoms with van der Waals surface area (Å²) in [7, 11) is 3.09. The molecule has 0 bridgehead atoms. The molecular weight excluding hydrogens is 649 g/mol. The van der Waals surface area contributed by atoms with Crippen LogP contribution in [0, 0.1) is 13.8 Å². The predicted molar refractivity (Wildman–Crippen MR) is 184 cm³/mol. The Bertz CT molecular complexity index is 1910. The van der Waals surface area contributed by atoms with E-state index in [0.717, 1.165) is 28.2 Å². The average molecular weight is 683 g/mol. The van der Waals surface area contributed by atoms with Gasteiger partial charge in [-0.05, 0) is 55.3 Å². The molecule has 1 unspecified atom stereocenters. The van der Waals surface area contributed by atoms with E-state index >= 15 is 0 Å². The summed E-state index contributed by atoms with van der Waals surface area (Å²) in [5, 5.41) is 3.15. The van der Waals surface area contributed by atoms with Crippen molar-refractivity contribution in [3.05, 3.63) is 106 Å². The van der Waals surface area contributed by atoms with Gasteiger partial charge in [0.25, 0.3) is 0 Å². The Morgan fingerprint density at radius 2 is 1.65 bits per heavy atom. The minimum Gasteiger partial charge on any atom is -0.493 e. The lowest BCUT2D eigenvalue weighted by molar-refractivity contribution is -0.138. The lowest BCUT2D eigenvalue weighted by atomic mass is 9.95. The van der Waals surface area contributed by atoms with E-state index in [2.05, 4.69) is 9.97 Å². The first-order valence-corrected chi connectivity index (χ1v) is 17.1. The average Bonchev–Trinajstić information content (AvgIpc) is 3.76. The van der Waals surface area contributed by atoms with Gasteiger partial charge in [0.05, 0.1) is 32.2 Å². The fraction of sp³-hybridized carbons (Fsp3) is 0.250. The summed E-state index contributed by atoms with van der Waals surface area (Å²) in [4.78, 5) is 44.3. The van der Waals surface area contributed by atoms with Gasteiger partial charge in [0.1, 0.15) is 11.0 Å². The minimum absolute atomic E-state index is 0.0148. The molecule has 1 atom stereocenters. The lowest BCUT2D eigenvalue weighted by Crippen LogP contribution is -2.40. The number of ketones is 1. The predicted octanol–water partition coefficient (Wildman–Crippen LogP) is 6.64. The van der Waals surface area contributed by atoms with Crippen LogP contribution in [0.3, 0.4) is 0 Å². The number of benzene rings is 3. The molecule has 12 heteroatoms. The molecule has 0 N–H and O–H groups in total. The molecule has 0 saturated heterocycles. The van der Waals surface area contributed by atoms with E-state index in [4.69, 9.17) is 23.9 Å². The topological polar surface area (TPSA) is 113 Å². The van der Waals surface area contributed by atoms with Crippen LogP contribution in [0.5, 0.6) is 23.0 Å². The molecule has 3 heterocycles. The van der Waals surface area contributed by atoms with Crippen molar-refractivity contribution < 1.29 is 28.5 Å². The van der Waals surface area contributed by atoms with E-state index in [1.54, 1.807) is 42.3 Å². The molecule has 10 nitrogen and oxygen atoms in total. The molecule has 0 spiro atoms. The summed E-state index contributed by atoms with van der Waals surface area (Å²) in [6.45, 7) is 4.02. The quantitative estimate of drug-likeness (QED) is 0.0990. The van der Waals surface area contributed by atoms with E-state index in [-0.39, 0.29) is 37.2 Å². The monoisotopic (exact) mass is 682 g/mol. The third-order valence-electron chi connectivity index (χ3n) is 7.69. The van der Waals surface area contributed by atoms with E-state index in [9.17, 15) is 9.59 Å². The minimum atomic E-state index is -0.979. The van der Waals surface area contributed by atoms with Gasteiger partial charge in [0.15, 0.2) is 33.9 Å². The van der Waals surface area contributed by atoms with Crippen molar-refractivity contribution in [1.82, 2.24) is 19.9 Å². The number of hydrogen-bond donors (Lipinski definition) is 0. The van der Waals surface area contributed by atoms with Crippen LogP contribution in [0.4, 0.5) is 0 Å². The number of thiazole rings is 1. The standard InChI is InChI=1S/C36H34N4O6S2/c1-22-14-23(2)38-36(37-22)48-20-34(42)40(18-33-39-27(19-47-33)25-8-6-5-7-9-25)35(26-11-13-29(43-3)31(17-26)44-4)28(41)15-24-10-12-30-32(16-24)46-21-45-30/h5-14,16-17,19,35H,15,18,20-21H2,1-4H3. The van der Waals surface area contributed by atoms with Crippen molar-refractivity contribution in [3.8, 4) is 34.3 Å². The van der Waals surface area contributed by atoms with Gasteiger partial charge in [-0.25, -0.2) is 15.0 Å². The first kappa shape index (κ1) is 33.0. The summed E-state index contributed by atoms with van der Waals surface area (Å²) in [6, 6.07) is 21.5.